The molecule has 0 unspecified atom stereocenters. The molecule has 0 heterocycles. The highest BCUT2D eigenvalue weighted by atomic mass is 19.1. The van der Waals surface area contributed by atoms with Crippen molar-refractivity contribution >= 4 is 0 Å². The molecule has 0 spiro atoms. The number of halogens is 1. The van der Waals surface area contributed by atoms with Crippen molar-refractivity contribution in [2.75, 3.05) is 0 Å². The van der Waals surface area contributed by atoms with Gasteiger partial charge in [0.05, 0.1) is 18.0 Å². The van der Waals surface area contributed by atoms with Crippen LogP contribution in [0, 0.1) is 29.1 Å². The maximum absolute atomic E-state index is 12.0. The van der Waals surface area contributed by atoms with Gasteiger partial charge in [-0.25, -0.2) is 4.39 Å². The van der Waals surface area contributed by atoms with Gasteiger partial charge >= 0.3 is 0 Å². The number of allylic oxidation sites excluding steroid dienone is 1. The Morgan fingerprint density at radius 2 is 1.52 bits per heavy atom. The third-order valence-corrected chi connectivity index (χ3v) is 7.16. The van der Waals surface area contributed by atoms with E-state index < -0.39 is 0 Å². The molecule has 2 heteroatoms. The summed E-state index contributed by atoms with van der Waals surface area (Å²) in [5, 5.41) is 8.95. The van der Waals surface area contributed by atoms with Crippen molar-refractivity contribution in [3.05, 3.63) is 47.8 Å². The normalized spacial score (nSPS) is 28.9. The van der Waals surface area contributed by atoms with Gasteiger partial charge in [0.15, 0.2) is 0 Å². The summed E-state index contributed by atoms with van der Waals surface area (Å²) < 4.78 is 12.0. The van der Waals surface area contributed by atoms with E-state index in [9.17, 15) is 4.39 Å². The van der Waals surface area contributed by atoms with Crippen LogP contribution in [0.25, 0.3) is 0 Å². The Balaban J connectivity index is 1.36. The summed E-state index contributed by atoms with van der Waals surface area (Å²) in [4.78, 5) is 0. The van der Waals surface area contributed by atoms with Crippen LogP contribution < -0.4 is 0 Å². The topological polar surface area (TPSA) is 23.8 Å². The zero-order chi connectivity index (χ0) is 18.9. The average molecular weight is 368 g/mol. The highest BCUT2D eigenvalue weighted by Crippen LogP contribution is 2.44. The molecule has 2 fully saturated rings. The Labute approximate surface area is 164 Å². The molecule has 0 aromatic heterocycles. The fourth-order valence-electron chi connectivity index (χ4n) is 5.46. The van der Waals surface area contributed by atoms with Crippen LogP contribution in [0.4, 0.5) is 4.39 Å². The molecule has 146 valence electrons. The van der Waals surface area contributed by atoms with Crippen LogP contribution in [0.3, 0.4) is 0 Å². The molecule has 1 nitrogen and oxygen atoms in total. The number of rotatable bonds is 7. The first-order valence-corrected chi connectivity index (χ1v) is 11.1. The van der Waals surface area contributed by atoms with E-state index in [1.165, 1.54) is 69.8 Å². The highest BCUT2D eigenvalue weighted by molar-refractivity contribution is 5.33. The summed E-state index contributed by atoms with van der Waals surface area (Å²) >= 11 is 0. The summed E-state index contributed by atoms with van der Waals surface area (Å²) in [5.41, 5.74) is 2.20. The molecule has 0 saturated heterocycles. The van der Waals surface area contributed by atoms with Gasteiger partial charge in [-0.05, 0) is 92.7 Å². The lowest BCUT2D eigenvalue weighted by molar-refractivity contribution is 0.155. The molecule has 0 N–H and O–H groups in total. The average Bonchev–Trinajstić information content (AvgIpc) is 2.74. The number of hydrogen-bond acceptors (Lipinski definition) is 1. The van der Waals surface area contributed by atoms with E-state index in [-0.39, 0.29) is 0 Å². The van der Waals surface area contributed by atoms with Gasteiger partial charge in [-0.1, -0.05) is 43.9 Å². The Morgan fingerprint density at radius 1 is 0.889 bits per heavy atom. The lowest BCUT2D eigenvalue weighted by atomic mass is 9.68. The number of nitrogens with zero attached hydrogens (tertiary/aromatic N) is 1. The van der Waals surface area contributed by atoms with E-state index in [4.69, 9.17) is 5.26 Å². The number of nitriles is 1. The minimum atomic E-state index is 0.682. The standard InChI is InChI=1S/C25H34FN/c26-18-4-2-1-3-5-20-6-10-22(11-7-20)24-14-16-25(17-15-24)23-12-8-21(19-27)9-13-23/h4,8-9,12-13,18,20,22,24-25H,1-3,5-7,10-11,14-17H2/b18-4+/t20-,22-,24?,25?. The van der Waals surface area contributed by atoms with E-state index in [0.717, 1.165) is 36.2 Å². The maximum Gasteiger partial charge on any atom is 0.0991 e. The monoisotopic (exact) mass is 367 g/mol. The van der Waals surface area contributed by atoms with Crippen LogP contribution in [0.1, 0.15) is 94.1 Å². The minimum Gasteiger partial charge on any atom is -0.216 e. The molecule has 2 aliphatic carbocycles. The van der Waals surface area contributed by atoms with Crippen molar-refractivity contribution < 1.29 is 4.39 Å². The number of unbranched alkanes of at least 4 members (excludes halogenated alkanes) is 2. The van der Waals surface area contributed by atoms with Gasteiger partial charge in [-0.2, -0.15) is 5.26 Å². The molecule has 0 bridgehead atoms. The van der Waals surface area contributed by atoms with Crippen molar-refractivity contribution in [2.45, 2.75) is 83.0 Å². The molecule has 0 amide bonds. The van der Waals surface area contributed by atoms with Crippen LogP contribution in [0.5, 0.6) is 0 Å². The Kier molecular flexibility index (Phi) is 7.93. The van der Waals surface area contributed by atoms with E-state index in [1.807, 2.05) is 12.1 Å². The van der Waals surface area contributed by atoms with Crippen LogP contribution in [0.15, 0.2) is 36.7 Å². The second-order valence-electron chi connectivity index (χ2n) is 8.77. The van der Waals surface area contributed by atoms with Crippen LogP contribution in [-0.4, -0.2) is 0 Å². The van der Waals surface area contributed by atoms with Crippen LogP contribution >= 0.6 is 0 Å². The fraction of sp³-hybridized carbons (Fsp3) is 0.640. The van der Waals surface area contributed by atoms with Crippen LogP contribution in [0.2, 0.25) is 0 Å². The summed E-state index contributed by atoms with van der Waals surface area (Å²) in [6, 6.07) is 10.5. The van der Waals surface area contributed by atoms with Crippen molar-refractivity contribution in [3.8, 4) is 6.07 Å². The molecule has 0 atom stereocenters. The van der Waals surface area contributed by atoms with Gasteiger partial charge in [0.2, 0.25) is 0 Å². The van der Waals surface area contributed by atoms with E-state index in [1.54, 1.807) is 6.08 Å². The Morgan fingerprint density at radius 3 is 2.11 bits per heavy atom. The molecular weight excluding hydrogens is 333 g/mol. The SMILES string of the molecule is N#Cc1ccc(C2CCC([C@H]3CC[C@H](CCCC/C=C/F)CC3)CC2)cc1. The van der Waals surface area contributed by atoms with Gasteiger partial charge < -0.3 is 0 Å². The quantitative estimate of drug-likeness (QED) is 0.453. The van der Waals surface area contributed by atoms with E-state index in [0.29, 0.717) is 12.2 Å². The van der Waals surface area contributed by atoms with Crippen molar-refractivity contribution in [1.82, 2.24) is 0 Å². The first-order chi connectivity index (χ1) is 13.3. The highest BCUT2D eigenvalue weighted by Gasteiger charge is 2.31. The third kappa shape index (κ3) is 5.93. The number of benzene rings is 1. The van der Waals surface area contributed by atoms with Gasteiger partial charge in [0.25, 0.3) is 0 Å². The summed E-state index contributed by atoms with van der Waals surface area (Å²) in [6.45, 7) is 0. The fourth-order valence-corrected chi connectivity index (χ4v) is 5.46. The van der Waals surface area contributed by atoms with E-state index >= 15 is 0 Å². The van der Waals surface area contributed by atoms with Gasteiger partial charge in [-0.15, -0.1) is 0 Å². The third-order valence-electron chi connectivity index (χ3n) is 7.16. The smallest absolute Gasteiger partial charge is 0.0991 e. The predicted octanol–water partition coefficient (Wildman–Crippen LogP) is 7.68. The molecule has 0 aliphatic heterocycles. The van der Waals surface area contributed by atoms with Gasteiger partial charge in [0.1, 0.15) is 0 Å². The zero-order valence-electron chi connectivity index (χ0n) is 16.6. The number of hydrogen-bond donors (Lipinski definition) is 0. The van der Waals surface area contributed by atoms with E-state index in [2.05, 4.69) is 18.2 Å². The summed E-state index contributed by atoms with van der Waals surface area (Å²) in [6.07, 6.45) is 18.1. The Bertz CT molecular complexity index is 611. The molecule has 1 aromatic carbocycles. The molecule has 2 aliphatic rings. The first-order valence-electron chi connectivity index (χ1n) is 11.1. The van der Waals surface area contributed by atoms with Gasteiger partial charge in [-0.3, -0.25) is 0 Å². The van der Waals surface area contributed by atoms with Crippen molar-refractivity contribution in [3.63, 3.8) is 0 Å². The molecule has 3 rings (SSSR count). The van der Waals surface area contributed by atoms with Crippen molar-refractivity contribution in [1.29, 1.82) is 5.26 Å². The molecule has 1 aromatic rings. The zero-order valence-corrected chi connectivity index (χ0v) is 16.6. The molecule has 2 saturated carbocycles. The lowest BCUT2D eigenvalue weighted by Gasteiger charge is -2.38. The second kappa shape index (κ2) is 10.6. The lowest BCUT2D eigenvalue weighted by Crippen LogP contribution is -2.25. The minimum absolute atomic E-state index is 0.682. The molecule has 0 radical (unpaired) electrons. The Hall–Kier alpha value is -1.62. The maximum atomic E-state index is 12.0. The second-order valence-corrected chi connectivity index (χ2v) is 8.77. The molecule has 27 heavy (non-hydrogen) atoms. The van der Waals surface area contributed by atoms with Crippen molar-refractivity contribution in [2.24, 2.45) is 17.8 Å². The van der Waals surface area contributed by atoms with Crippen LogP contribution in [-0.2, 0) is 0 Å². The first kappa shape index (κ1) is 20.1. The van der Waals surface area contributed by atoms with Gasteiger partial charge in [0, 0.05) is 0 Å². The predicted molar refractivity (Wildman–Crippen MR) is 110 cm³/mol. The summed E-state index contributed by atoms with van der Waals surface area (Å²) in [7, 11) is 0. The largest absolute Gasteiger partial charge is 0.216 e. The summed E-state index contributed by atoms with van der Waals surface area (Å²) in [5.74, 6) is 3.52. The molecular formula is C25H34FN.